The van der Waals surface area contributed by atoms with Crippen molar-refractivity contribution in [2.75, 3.05) is 30.8 Å². The van der Waals surface area contributed by atoms with Crippen molar-refractivity contribution in [3.8, 4) is 0 Å². The maximum absolute atomic E-state index is 13.6. The minimum atomic E-state index is -0.641. The maximum Gasteiger partial charge on any atom is 0.238 e. The lowest BCUT2D eigenvalue weighted by atomic mass is 10.3. The number of benzene rings is 2. The SMILES string of the molecule is CN(CC(=O)Nc1ccc(F)cc1)CC(=O)Nc1ccc(Cl)cc1F. The highest BCUT2D eigenvalue weighted by molar-refractivity contribution is 6.30. The molecule has 2 aromatic carbocycles. The molecule has 0 aliphatic carbocycles. The third-order valence-corrected chi connectivity index (χ3v) is 3.40. The number of likely N-dealkylation sites (N-methyl/N-ethyl adjacent to an activating group) is 1. The van der Waals surface area contributed by atoms with Gasteiger partial charge in [0.15, 0.2) is 0 Å². The summed E-state index contributed by atoms with van der Waals surface area (Å²) >= 11 is 5.64. The van der Waals surface area contributed by atoms with Crippen LogP contribution in [0.2, 0.25) is 5.02 Å². The number of nitrogens with zero attached hydrogens (tertiary/aromatic N) is 1. The zero-order valence-corrected chi connectivity index (χ0v) is 14.1. The standard InChI is InChI=1S/C17H16ClF2N3O2/c1-23(9-16(24)21-13-5-3-12(19)4-6-13)10-17(25)22-15-7-2-11(18)8-14(15)20/h2-8H,9-10H2,1H3,(H,21,24)(H,22,25). The van der Waals surface area contributed by atoms with Crippen molar-refractivity contribution in [2.24, 2.45) is 0 Å². The zero-order valence-electron chi connectivity index (χ0n) is 13.4. The van der Waals surface area contributed by atoms with E-state index in [1.54, 1.807) is 7.05 Å². The van der Waals surface area contributed by atoms with Gasteiger partial charge in [-0.05, 0) is 49.5 Å². The Morgan fingerprint density at radius 3 is 2.20 bits per heavy atom. The van der Waals surface area contributed by atoms with E-state index in [0.717, 1.165) is 6.07 Å². The van der Waals surface area contributed by atoms with Gasteiger partial charge in [0.05, 0.1) is 18.8 Å². The number of carbonyl (C=O) groups excluding carboxylic acids is 2. The topological polar surface area (TPSA) is 61.4 Å². The highest BCUT2D eigenvalue weighted by atomic mass is 35.5. The van der Waals surface area contributed by atoms with Gasteiger partial charge in [-0.25, -0.2) is 8.78 Å². The van der Waals surface area contributed by atoms with Crippen LogP contribution in [-0.4, -0.2) is 36.9 Å². The molecule has 0 aromatic heterocycles. The summed E-state index contributed by atoms with van der Waals surface area (Å²) in [6.07, 6.45) is 0. The Kier molecular flexibility index (Phi) is 6.44. The van der Waals surface area contributed by atoms with Gasteiger partial charge in [-0.2, -0.15) is 0 Å². The van der Waals surface area contributed by atoms with Gasteiger partial charge >= 0.3 is 0 Å². The van der Waals surface area contributed by atoms with E-state index in [2.05, 4.69) is 10.6 Å². The number of amides is 2. The number of hydrogen-bond acceptors (Lipinski definition) is 3. The average molecular weight is 368 g/mol. The quantitative estimate of drug-likeness (QED) is 0.824. The molecule has 0 heterocycles. The Hall–Kier alpha value is -2.51. The third kappa shape index (κ3) is 6.13. The molecule has 0 unspecified atom stereocenters. The minimum absolute atomic E-state index is 0.0126. The molecule has 0 fully saturated rings. The summed E-state index contributed by atoms with van der Waals surface area (Å²) in [6.45, 7) is -0.174. The van der Waals surface area contributed by atoms with Gasteiger partial charge in [0, 0.05) is 10.7 Å². The van der Waals surface area contributed by atoms with E-state index in [-0.39, 0.29) is 29.7 Å². The summed E-state index contributed by atoms with van der Waals surface area (Å²) in [6, 6.07) is 9.24. The number of rotatable bonds is 6. The lowest BCUT2D eigenvalue weighted by Crippen LogP contribution is -2.36. The van der Waals surface area contributed by atoms with E-state index in [0.29, 0.717) is 5.69 Å². The Morgan fingerprint density at radius 1 is 1.00 bits per heavy atom. The minimum Gasteiger partial charge on any atom is -0.325 e. The molecule has 0 aliphatic heterocycles. The number of hydrogen-bond donors (Lipinski definition) is 2. The van der Waals surface area contributed by atoms with Crippen LogP contribution < -0.4 is 10.6 Å². The molecule has 5 nitrogen and oxygen atoms in total. The van der Waals surface area contributed by atoms with Gasteiger partial charge < -0.3 is 10.6 Å². The monoisotopic (exact) mass is 367 g/mol. The predicted molar refractivity (Wildman–Crippen MR) is 92.6 cm³/mol. The number of carbonyl (C=O) groups is 2. The Labute approximate surface area is 148 Å². The van der Waals surface area contributed by atoms with E-state index in [1.807, 2.05) is 0 Å². The summed E-state index contributed by atoms with van der Waals surface area (Å²) < 4.78 is 26.4. The normalized spacial score (nSPS) is 10.6. The van der Waals surface area contributed by atoms with Crippen molar-refractivity contribution < 1.29 is 18.4 Å². The fourth-order valence-corrected chi connectivity index (χ4v) is 2.22. The van der Waals surface area contributed by atoms with Crippen LogP contribution in [0.5, 0.6) is 0 Å². The Bertz CT molecular complexity index is 769. The van der Waals surface area contributed by atoms with Crippen LogP contribution in [0.1, 0.15) is 0 Å². The second-order valence-corrected chi connectivity index (χ2v) is 5.84. The van der Waals surface area contributed by atoms with E-state index < -0.39 is 17.5 Å². The van der Waals surface area contributed by atoms with E-state index >= 15 is 0 Å². The number of halogens is 3. The summed E-state index contributed by atoms with van der Waals surface area (Å²) in [4.78, 5) is 25.3. The first-order valence-corrected chi connectivity index (χ1v) is 7.70. The van der Waals surface area contributed by atoms with Crippen molar-refractivity contribution >= 4 is 34.8 Å². The largest absolute Gasteiger partial charge is 0.325 e. The summed E-state index contributed by atoms with van der Waals surface area (Å²) in [7, 11) is 1.57. The van der Waals surface area contributed by atoms with Crippen LogP contribution in [0.4, 0.5) is 20.2 Å². The van der Waals surface area contributed by atoms with Gasteiger partial charge in [-0.15, -0.1) is 0 Å². The summed E-state index contributed by atoms with van der Waals surface area (Å²) in [5.41, 5.74) is 0.464. The molecule has 2 N–H and O–H groups in total. The van der Waals surface area contributed by atoms with Crippen molar-refractivity contribution in [1.82, 2.24) is 4.90 Å². The van der Waals surface area contributed by atoms with Crippen molar-refractivity contribution in [3.63, 3.8) is 0 Å². The van der Waals surface area contributed by atoms with E-state index in [4.69, 9.17) is 11.6 Å². The van der Waals surface area contributed by atoms with Gasteiger partial charge in [0.25, 0.3) is 0 Å². The van der Waals surface area contributed by atoms with Gasteiger partial charge in [0.2, 0.25) is 11.8 Å². The molecule has 0 spiro atoms. The second kappa shape index (κ2) is 8.55. The van der Waals surface area contributed by atoms with Crippen LogP contribution in [0.25, 0.3) is 0 Å². The molecule has 0 aliphatic rings. The number of nitrogens with one attached hydrogen (secondary N) is 2. The van der Waals surface area contributed by atoms with Crippen molar-refractivity contribution in [3.05, 3.63) is 59.1 Å². The average Bonchev–Trinajstić information content (AvgIpc) is 2.52. The third-order valence-electron chi connectivity index (χ3n) is 3.16. The Balaban J connectivity index is 1.82. The van der Waals surface area contributed by atoms with Crippen molar-refractivity contribution in [1.29, 1.82) is 0 Å². The molecular weight excluding hydrogens is 352 g/mol. The first-order chi connectivity index (χ1) is 11.8. The lowest BCUT2D eigenvalue weighted by molar-refractivity contribution is -0.119. The number of anilines is 2. The summed E-state index contributed by atoms with van der Waals surface area (Å²) in [5.74, 6) is -1.88. The molecule has 25 heavy (non-hydrogen) atoms. The predicted octanol–water partition coefficient (Wildman–Crippen LogP) is 3.13. The summed E-state index contributed by atoms with van der Waals surface area (Å²) in [5, 5.41) is 5.22. The van der Waals surface area contributed by atoms with Gasteiger partial charge in [-0.1, -0.05) is 11.6 Å². The fourth-order valence-electron chi connectivity index (χ4n) is 2.06. The molecule has 0 radical (unpaired) electrons. The first kappa shape index (κ1) is 18.8. The smallest absolute Gasteiger partial charge is 0.238 e. The van der Waals surface area contributed by atoms with Crippen LogP contribution in [0.15, 0.2) is 42.5 Å². The van der Waals surface area contributed by atoms with Crippen LogP contribution in [0, 0.1) is 11.6 Å². The fraction of sp³-hybridized carbons (Fsp3) is 0.176. The molecule has 2 aromatic rings. The molecule has 0 bridgehead atoms. The molecular formula is C17H16ClF2N3O2. The van der Waals surface area contributed by atoms with Crippen LogP contribution in [0.3, 0.4) is 0 Å². The zero-order chi connectivity index (χ0) is 18.4. The van der Waals surface area contributed by atoms with Gasteiger partial charge in [-0.3, -0.25) is 14.5 Å². The first-order valence-electron chi connectivity index (χ1n) is 7.32. The second-order valence-electron chi connectivity index (χ2n) is 5.40. The molecule has 2 rings (SSSR count). The lowest BCUT2D eigenvalue weighted by Gasteiger charge is -2.16. The molecule has 0 saturated heterocycles. The highest BCUT2D eigenvalue weighted by Gasteiger charge is 2.13. The van der Waals surface area contributed by atoms with Crippen LogP contribution >= 0.6 is 11.6 Å². The van der Waals surface area contributed by atoms with Crippen molar-refractivity contribution in [2.45, 2.75) is 0 Å². The van der Waals surface area contributed by atoms with Gasteiger partial charge in [0.1, 0.15) is 11.6 Å². The Morgan fingerprint density at radius 2 is 1.60 bits per heavy atom. The van der Waals surface area contributed by atoms with E-state index in [1.165, 1.54) is 41.3 Å². The molecule has 0 saturated carbocycles. The molecule has 132 valence electrons. The maximum atomic E-state index is 13.6. The van der Waals surface area contributed by atoms with E-state index in [9.17, 15) is 18.4 Å². The van der Waals surface area contributed by atoms with Crippen LogP contribution in [-0.2, 0) is 9.59 Å². The molecule has 8 heteroatoms. The molecule has 0 atom stereocenters. The highest BCUT2D eigenvalue weighted by Crippen LogP contribution is 2.18. The molecule has 2 amide bonds.